The smallest absolute Gasteiger partial charge is 0.141 e. The Morgan fingerprint density at radius 3 is 2.67 bits per heavy atom. The minimum Gasteiger partial charge on any atom is -0.380 e. The molecule has 3 nitrogen and oxygen atoms in total. The van der Waals surface area contributed by atoms with E-state index in [0.29, 0.717) is 12.3 Å². The van der Waals surface area contributed by atoms with Gasteiger partial charge in [0.2, 0.25) is 0 Å². The van der Waals surface area contributed by atoms with Crippen molar-refractivity contribution in [3.63, 3.8) is 0 Å². The van der Waals surface area contributed by atoms with Crippen LogP contribution in [0.5, 0.6) is 0 Å². The summed E-state index contributed by atoms with van der Waals surface area (Å²) in [6.45, 7) is 0.618. The topological polar surface area (TPSA) is 45.9 Å². The van der Waals surface area contributed by atoms with Crippen molar-refractivity contribution >= 4 is 11.8 Å². The van der Waals surface area contributed by atoms with Crippen molar-refractivity contribution in [3.8, 4) is 6.07 Å². The average molecular weight is 256 g/mol. The summed E-state index contributed by atoms with van der Waals surface area (Å²) in [7, 11) is 1.68. The molecule has 1 heterocycles. The second-order valence-electron chi connectivity index (χ2n) is 3.65. The molecule has 0 N–H and O–H groups in total. The third-order valence-corrected chi connectivity index (χ3v) is 3.24. The van der Waals surface area contributed by atoms with Gasteiger partial charge in [-0.05, 0) is 29.8 Å². The van der Waals surface area contributed by atoms with Gasteiger partial charge in [-0.3, -0.25) is 0 Å². The van der Waals surface area contributed by atoms with E-state index in [0.717, 1.165) is 15.5 Å². The van der Waals surface area contributed by atoms with Crippen molar-refractivity contribution in [2.75, 3.05) is 7.11 Å². The molecule has 4 heteroatoms. The first-order valence-electron chi connectivity index (χ1n) is 5.44. The first-order valence-corrected chi connectivity index (χ1v) is 6.26. The monoisotopic (exact) mass is 256 g/mol. The highest BCUT2D eigenvalue weighted by molar-refractivity contribution is 7.99. The molecule has 0 radical (unpaired) electrons. The lowest BCUT2D eigenvalue weighted by atomic mass is 10.2. The number of nitriles is 1. The highest BCUT2D eigenvalue weighted by atomic mass is 32.2. The average Bonchev–Trinajstić information content (AvgIpc) is 2.42. The van der Waals surface area contributed by atoms with Crippen LogP contribution in [0, 0.1) is 11.3 Å². The predicted octanol–water partition coefficient (Wildman–Crippen LogP) is 3.25. The van der Waals surface area contributed by atoms with Gasteiger partial charge in [0.05, 0.1) is 6.61 Å². The Morgan fingerprint density at radius 2 is 2.00 bits per heavy atom. The van der Waals surface area contributed by atoms with E-state index < -0.39 is 0 Å². The Kier molecular flexibility index (Phi) is 4.35. The molecule has 90 valence electrons. The molecule has 0 fully saturated rings. The highest BCUT2D eigenvalue weighted by Gasteiger charge is 2.00. The van der Waals surface area contributed by atoms with Gasteiger partial charge in [-0.15, -0.1) is 0 Å². The number of pyridine rings is 1. The number of rotatable bonds is 4. The van der Waals surface area contributed by atoms with Crippen LogP contribution in [0.2, 0.25) is 0 Å². The molecule has 0 aliphatic heterocycles. The maximum Gasteiger partial charge on any atom is 0.141 e. The van der Waals surface area contributed by atoms with Crippen LogP contribution in [-0.2, 0) is 11.3 Å². The lowest BCUT2D eigenvalue weighted by Crippen LogP contribution is -1.87. The van der Waals surface area contributed by atoms with Gasteiger partial charge >= 0.3 is 0 Å². The van der Waals surface area contributed by atoms with Crippen molar-refractivity contribution in [1.82, 2.24) is 4.98 Å². The van der Waals surface area contributed by atoms with Crippen LogP contribution in [0.4, 0.5) is 0 Å². The van der Waals surface area contributed by atoms with Crippen molar-refractivity contribution in [2.24, 2.45) is 0 Å². The van der Waals surface area contributed by atoms with Gasteiger partial charge in [0.1, 0.15) is 16.8 Å². The van der Waals surface area contributed by atoms with Crippen LogP contribution in [0.25, 0.3) is 0 Å². The lowest BCUT2D eigenvalue weighted by Gasteiger charge is -2.03. The second kappa shape index (κ2) is 6.20. The van der Waals surface area contributed by atoms with Gasteiger partial charge in [0, 0.05) is 12.0 Å². The maximum atomic E-state index is 8.79. The van der Waals surface area contributed by atoms with Gasteiger partial charge in [-0.2, -0.15) is 5.26 Å². The van der Waals surface area contributed by atoms with Gasteiger partial charge in [0.15, 0.2) is 0 Å². The van der Waals surface area contributed by atoms with E-state index in [4.69, 9.17) is 10.00 Å². The van der Waals surface area contributed by atoms with E-state index in [1.807, 2.05) is 42.5 Å². The number of methoxy groups -OCH3 is 1. The normalized spacial score (nSPS) is 10.0. The number of ether oxygens (including phenoxy) is 1. The van der Waals surface area contributed by atoms with E-state index in [2.05, 4.69) is 4.98 Å². The molecule has 1 aromatic carbocycles. The molecule has 0 aliphatic carbocycles. The quantitative estimate of drug-likeness (QED) is 0.842. The molecule has 1 aromatic heterocycles. The number of benzene rings is 1. The van der Waals surface area contributed by atoms with Crippen LogP contribution in [0.1, 0.15) is 11.3 Å². The van der Waals surface area contributed by atoms with Crippen molar-refractivity contribution in [3.05, 3.63) is 53.7 Å². The standard InChI is InChI=1S/C14H12N2OS/c1-17-10-11-5-7-13(8-6-11)18-14-4-2-3-12(9-15)16-14/h2-8H,10H2,1H3. The Hall–Kier alpha value is -1.83. The molecule has 0 atom stereocenters. The van der Waals surface area contributed by atoms with Crippen LogP contribution >= 0.6 is 11.8 Å². The van der Waals surface area contributed by atoms with Crippen LogP contribution in [0.15, 0.2) is 52.4 Å². The highest BCUT2D eigenvalue weighted by Crippen LogP contribution is 2.26. The number of hydrogen-bond acceptors (Lipinski definition) is 4. The molecular formula is C14H12N2OS. The lowest BCUT2D eigenvalue weighted by molar-refractivity contribution is 0.185. The van der Waals surface area contributed by atoms with Gasteiger partial charge < -0.3 is 4.74 Å². The minimum atomic E-state index is 0.441. The zero-order valence-electron chi connectivity index (χ0n) is 9.96. The third-order valence-electron chi connectivity index (χ3n) is 2.29. The van der Waals surface area contributed by atoms with Crippen molar-refractivity contribution in [2.45, 2.75) is 16.5 Å². The molecule has 2 rings (SSSR count). The summed E-state index contributed by atoms with van der Waals surface area (Å²) in [5.74, 6) is 0. The Bertz CT molecular complexity index is 561. The first-order chi connectivity index (χ1) is 8.81. The third kappa shape index (κ3) is 3.33. The van der Waals surface area contributed by atoms with Crippen LogP contribution < -0.4 is 0 Å². The molecule has 0 saturated carbocycles. The number of aromatic nitrogens is 1. The van der Waals surface area contributed by atoms with Gasteiger partial charge in [-0.1, -0.05) is 30.0 Å². The van der Waals surface area contributed by atoms with Gasteiger partial charge in [-0.25, -0.2) is 4.98 Å². The molecule has 0 aliphatic rings. The molecule has 18 heavy (non-hydrogen) atoms. The summed E-state index contributed by atoms with van der Waals surface area (Å²) in [5, 5.41) is 9.62. The van der Waals surface area contributed by atoms with Crippen molar-refractivity contribution < 1.29 is 4.74 Å². The summed E-state index contributed by atoms with van der Waals surface area (Å²) in [6, 6.07) is 15.6. The molecule has 0 unspecified atom stereocenters. The molecule has 0 bridgehead atoms. The zero-order chi connectivity index (χ0) is 12.8. The fourth-order valence-electron chi connectivity index (χ4n) is 1.48. The summed E-state index contributed by atoms with van der Waals surface area (Å²) in [4.78, 5) is 5.32. The molecule has 0 spiro atoms. The fraction of sp³-hybridized carbons (Fsp3) is 0.143. The Morgan fingerprint density at radius 1 is 1.22 bits per heavy atom. The summed E-state index contributed by atoms with van der Waals surface area (Å²) < 4.78 is 5.06. The Labute approximate surface area is 110 Å². The van der Waals surface area contributed by atoms with Crippen molar-refractivity contribution in [1.29, 1.82) is 5.26 Å². The van der Waals surface area contributed by atoms with E-state index in [9.17, 15) is 0 Å². The van der Waals surface area contributed by atoms with E-state index in [1.165, 1.54) is 0 Å². The molecule has 0 amide bonds. The summed E-state index contributed by atoms with van der Waals surface area (Å²) >= 11 is 1.54. The zero-order valence-corrected chi connectivity index (χ0v) is 10.8. The summed E-state index contributed by atoms with van der Waals surface area (Å²) in [5.41, 5.74) is 1.58. The van der Waals surface area contributed by atoms with Crippen LogP contribution in [-0.4, -0.2) is 12.1 Å². The number of hydrogen-bond donors (Lipinski definition) is 0. The SMILES string of the molecule is COCc1ccc(Sc2cccc(C#N)n2)cc1. The van der Waals surface area contributed by atoms with Crippen LogP contribution in [0.3, 0.4) is 0 Å². The summed E-state index contributed by atoms with van der Waals surface area (Å²) in [6.07, 6.45) is 0. The predicted molar refractivity (Wildman–Crippen MR) is 70.2 cm³/mol. The fourth-order valence-corrected chi connectivity index (χ4v) is 2.28. The first kappa shape index (κ1) is 12.6. The van der Waals surface area contributed by atoms with E-state index in [-0.39, 0.29) is 0 Å². The molecule has 2 aromatic rings. The van der Waals surface area contributed by atoms with E-state index >= 15 is 0 Å². The maximum absolute atomic E-state index is 8.79. The molecule has 0 saturated heterocycles. The largest absolute Gasteiger partial charge is 0.380 e. The number of nitrogens with zero attached hydrogens (tertiary/aromatic N) is 2. The van der Waals surface area contributed by atoms with Gasteiger partial charge in [0.25, 0.3) is 0 Å². The second-order valence-corrected chi connectivity index (χ2v) is 4.75. The molecular weight excluding hydrogens is 244 g/mol. The minimum absolute atomic E-state index is 0.441. The van der Waals surface area contributed by atoms with E-state index in [1.54, 1.807) is 24.9 Å². The Balaban J connectivity index is 2.11.